The van der Waals surface area contributed by atoms with E-state index in [4.69, 9.17) is 4.74 Å². The lowest BCUT2D eigenvalue weighted by molar-refractivity contribution is 0.0682. The Morgan fingerprint density at radius 2 is 1.81 bits per heavy atom. The molecule has 2 aliphatic rings. The highest BCUT2D eigenvalue weighted by atomic mass is 16.5. The van der Waals surface area contributed by atoms with Crippen LogP contribution < -0.4 is 10.6 Å². The molecule has 0 saturated heterocycles. The van der Waals surface area contributed by atoms with Crippen LogP contribution in [0.4, 0.5) is 5.69 Å². The minimum Gasteiger partial charge on any atom is -0.382 e. The minimum absolute atomic E-state index is 0.0456. The Labute approximate surface area is 126 Å². The fourth-order valence-corrected chi connectivity index (χ4v) is 2.93. The number of ether oxygens (including phenoxy) is 1. The minimum atomic E-state index is 0.0456. The van der Waals surface area contributed by atoms with Gasteiger partial charge in [0.15, 0.2) is 0 Å². The molecule has 1 aromatic rings. The van der Waals surface area contributed by atoms with Gasteiger partial charge < -0.3 is 15.4 Å². The summed E-state index contributed by atoms with van der Waals surface area (Å²) < 4.78 is 5.40. The summed E-state index contributed by atoms with van der Waals surface area (Å²) in [7, 11) is 1.79. The third-order valence-electron chi connectivity index (χ3n) is 4.42. The fraction of sp³-hybridized carbons (Fsp3) is 0.588. The molecule has 0 spiro atoms. The number of amides is 1. The number of hydrogen-bond donors (Lipinski definition) is 2. The number of methoxy groups -OCH3 is 1. The molecule has 2 fully saturated rings. The van der Waals surface area contributed by atoms with Crippen LogP contribution in [0.1, 0.15) is 48.9 Å². The molecule has 0 radical (unpaired) electrons. The molecule has 0 atom stereocenters. The number of anilines is 1. The monoisotopic (exact) mass is 288 g/mol. The van der Waals surface area contributed by atoms with Gasteiger partial charge in [-0.15, -0.1) is 0 Å². The number of carbonyl (C=O) groups excluding carboxylic acids is 1. The van der Waals surface area contributed by atoms with E-state index in [1.807, 2.05) is 24.3 Å². The molecule has 1 aromatic carbocycles. The van der Waals surface area contributed by atoms with Gasteiger partial charge in [0.25, 0.3) is 5.91 Å². The third kappa shape index (κ3) is 3.97. The Morgan fingerprint density at radius 3 is 2.48 bits per heavy atom. The highest BCUT2D eigenvalue weighted by Gasteiger charge is 2.24. The summed E-state index contributed by atoms with van der Waals surface area (Å²) in [5, 5.41) is 6.59. The summed E-state index contributed by atoms with van der Waals surface area (Å²) >= 11 is 0. The summed E-state index contributed by atoms with van der Waals surface area (Å²) in [5.41, 5.74) is 1.79. The van der Waals surface area contributed by atoms with Gasteiger partial charge in [-0.3, -0.25) is 4.79 Å². The highest BCUT2D eigenvalue weighted by Crippen LogP contribution is 2.24. The van der Waals surface area contributed by atoms with Crippen molar-refractivity contribution < 1.29 is 9.53 Å². The van der Waals surface area contributed by atoms with Crippen LogP contribution >= 0.6 is 0 Å². The Hall–Kier alpha value is -1.55. The van der Waals surface area contributed by atoms with E-state index in [1.165, 1.54) is 0 Å². The number of hydrogen-bond acceptors (Lipinski definition) is 3. The predicted molar refractivity (Wildman–Crippen MR) is 83.6 cm³/mol. The summed E-state index contributed by atoms with van der Waals surface area (Å²) in [6.07, 6.45) is 7.11. The van der Waals surface area contributed by atoms with Crippen molar-refractivity contribution in [2.24, 2.45) is 0 Å². The Bertz CT molecular complexity index is 491. The summed E-state index contributed by atoms with van der Waals surface area (Å²) in [6, 6.07) is 8.71. The first-order chi connectivity index (χ1) is 10.2. The van der Waals surface area contributed by atoms with Crippen LogP contribution in [0.5, 0.6) is 0 Å². The van der Waals surface area contributed by atoms with Crippen molar-refractivity contribution in [3.8, 4) is 0 Å². The first kappa shape index (κ1) is 14.4. The largest absolute Gasteiger partial charge is 0.382 e. The van der Waals surface area contributed by atoms with Crippen molar-refractivity contribution in [3.63, 3.8) is 0 Å². The molecule has 4 heteroatoms. The van der Waals surface area contributed by atoms with E-state index in [1.54, 1.807) is 7.11 Å². The first-order valence-electron chi connectivity index (χ1n) is 7.95. The van der Waals surface area contributed by atoms with Gasteiger partial charge in [0.2, 0.25) is 0 Å². The quantitative estimate of drug-likeness (QED) is 0.876. The number of carbonyl (C=O) groups is 1. The molecule has 2 saturated carbocycles. The van der Waals surface area contributed by atoms with Crippen molar-refractivity contribution in [1.82, 2.24) is 5.32 Å². The van der Waals surface area contributed by atoms with Gasteiger partial charge in [-0.2, -0.15) is 0 Å². The molecular formula is C17H24N2O2. The molecular weight excluding hydrogens is 264 g/mol. The summed E-state index contributed by atoms with van der Waals surface area (Å²) in [6.45, 7) is 0. The van der Waals surface area contributed by atoms with E-state index in [-0.39, 0.29) is 5.91 Å². The summed E-state index contributed by atoms with van der Waals surface area (Å²) in [5.74, 6) is 0.0456. The molecule has 4 nitrogen and oxygen atoms in total. The zero-order valence-electron chi connectivity index (χ0n) is 12.6. The lowest BCUT2D eigenvalue weighted by Gasteiger charge is -2.29. The van der Waals surface area contributed by atoms with Crippen LogP contribution in [-0.2, 0) is 4.74 Å². The van der Waals surface area contributed by atoms with Gasteiger partial charge in [0.05, 0.1) is 6.10 Å². The molecule has 1 amide bonds. The lowest BCUT2D eigenvalue weighted by atomic mass is 9.93. The van der Waals surface area contributed by atoms with Crippen LogP contribution in [0.15, 0.2) is 24.3 Å². The Kier molecular flexibility index (Phi) is 4.44. The van der Waals surface area contributed by atoms with E-state index in [0.717, 1.165) is 49.8 Å². The second kappa shape index (κ2) is 6.48. The van der Waals surface area contributed by atoms with Gasteiger partial charge in [-0.1, -0.05) is 6.07 Å². The average molecular weight is 288 g/mol. The van der Waals surface area contributed by atoms with E-state index in [9.17, 15) is 4.79 Å². The number of rotatable bonds is 5. The maximum Gasteiger partial charge on any atom is 0.251 e. The number of nitrogens with one attached hydrogen (secondary N) is 2. The molecule has 0 unspecified atom stereocenters. The van der Waals surface area contributed by atoms with E-state index in [0.29, 0.717) is 18.2 Å². The molecule has 0 heterocycles. The van der Waals surface area contributed by atoms with Crippen molar-refractivity contribution in [1.29, 1.82) is 0 Å². The maximum atomic E-state index is 12.1. The van der Waals surface area contributed by atoms with Gasteiger partial charge in [0.1, 0.15) is 0 Å². The normalized spacial score (nSPS) is 25.4. The zero-order valence-corrected chi connectivity index (χ0v) is 12.6. The molecule has 21 heavy (non-hydrogen) atoms. The average Bonchev–Trinajstić information content (AvgIpc) is 3.32. The van der Waals surface area contributed by atoms with Crippen LogP contribution in [0.25, 0.3) is 0 Å². The molecule has 3 rings (SSSR count). The SMILES string of the molecule is COC1CCC(Nc2cccc(C(=O)NC3CC3)c2)CC1. The van der Waals surface area contributed by atoms with Gasteiger partial charge >= 0.3 is 0 Å². The molecule has 2 aliphatic carbocycles. The van der Waals surface area contributed by atoms with Gasteiger partial charge in [0, 0.05) is 30.4 Å². The van der Waals surface area contributed by atoms with Crippen molar-refractivity contribution >= 4 is 11.6 Å². The topological polar surface area (TPSA) is 50.4 Å². The Balaban J connectivity index is 1.56. The molecule has 2 N–H and O–H groups in total. The third-order valence-corrected chi connectivity index (χ3v) is 4.42. The molecule has 0 aromatic heterocycles. The maximum absolute atomic E-state index is 12.1. The lowest BCUT2D eigenvalue weighted by Crippen LogP contribution is -2.29. The van der Waals surface area contributed by atoms with E-state index < -0.39 is 0 Å². The van der Waals surface area contributed by atoms with Crippen LogP contribution in [0.3, 0.4) is 0 Å². The standard InChI is InChI=1S/C17H24N2O2/c1-21-16-9-7-13(8-10-16)18-15-4-2-3-12(11-15)17(20)19-14-5-6-14/h2-4,11,13-14,16,18H,5-10H2,1H3,(H,19,20). The molecule has 0 aliphatic heterocycles. The molecule has 114 valence electrons. The van der Waals surface area contributed by atoms with E-state index in [2.05, 4.69) is 10.6 Å². The van der Waals surface area contributed by atoms with Crippen molar-refractivity contribution in [2.75, 3.05) is 12.4 Å². The second-order valence-corrected chi connectivity index (χ2v) is 6.18. The van der Waals surface area contributed by atoms with Crippen LogP contribution in [0.2, 0.25) is 0 Å². The van der Waals surface area contributed by atoms with E-state index >= 15 is 0 Å². The number of benzene rings is 1. The fourth-order valence-electron chi connectivity index (χ4n) is 2.93. The zero-order chi connectivity index (χ0) is 14.7. The molecule has 0 bridgehead atoms. The first-order valence-corrected chi connectivity index (χ1v) is 7.95. The highest BCUT2D eigenvalue weighted by molar-refractivity contribution is 5.95. The second-order valence-electron chi connectivity index (χ2n) is 6.18. The van der Waals surface area contributed by atoms with Crippen LogP contribution in [-0.4, -0.2) is 31.2 Å². The van der Waals surface area contributed by atoms with Gasteiger partial charge in [-0.25, -0.2) is 0 Å². The predicted octanol–water partition coefficient (Wildman–Crippen LogP) is 2.95. The van der Waals surface area contributed by atoms with Crippen molar-refractivity contribution in [2.45, 2.75) is 56.7 Å². The summed E-state index contributed by atoms with van der Waals surface area (Å²) in [4.78, 5) is 12.1. The van der Waals surface area contributed by atoms with Crippen LogP contribution in [0, 0.1) is 0 Å². The smallest absolute Gasteiger partial charge is 0.251 e. The van der Waals surface area contributed by atoms with Crippen molar-refractivity contribution in [3.05, 3.63) is 29.8 Å². The Morgan fingerprint density at radius 1 is 1.10 bits per heavy atom. The van der Waals surface area contributed by atoms with Gasteiger partial charge in [-0.05, 0) is 56.7 Å².